The van der Waals surface area contributed by atoms with Crippen LogP contribution in [0.25, 0.3) is 0 Å². The molecule has 2 rings (SSSR count). The van der Waals surface area contributed by atoms with E-state index in [0.29, 0.717) is 11.3 Å². The van der Waals surface area contributed by atoms with Gasteiger partial charge in [-0.3, -0.25) is 5.41 Å². The van der Waals surface area contributed by atoms with Gasteiger partial charge >= 0.3 is 12.1 Å². The molecular weight excluding hydrogens is 347 g/mol. The second-order valence-electron chi connectivity index (χ2n) is 6.51. The SMILES string of the molecule is CC(C)(C)OC(=O)C(=N)c1ccc(Nc2ccc(C(F)(F)F)cn2)cc1. The lowest BCUT2D eigenvalue weighted by atomic mass is 10.1. The Morgan fingerprint density at radius 3 is 2.15 bits per heavy atom. The molecule has 138 valence electrons. The minimum atomic E-state index is -4.44. The Kier molecular flexibility index (Phi) is 5.34. The highest BCUT2D eigenvalue weighted by atomic mass is 19.4. The molecule has 0 amide bonds. The van der Waals surface area contributed by atoms with Crippen LogP contribution in [0.15, 0.2) is 42.6 Å². The van der Waals surface area contributed by atoms with Crippen LogP contribution in [-0.2, 0) is 15.7 Å². The summed E-state index contributed by atoms with van der Waals surface area (Å²) in [5, 5.41) is 10.7. The van der Waals surface area contributed by atoms with Gasteiger partial charge in [0, 0.05) is 17.4 Å². The molecule has 0 aliphatic rings. The number of carbonyl (C=O) groups is 1. The van der Waals surface area contributed by atoms with E-state index in [9.17, 15) is 18.0 Å². The van der Waals surface area contributed by atoms with Crippen molar-refractivity contribution in [3.8, 4) is 0 Å². The van der Waals surface area contributed by atoms with Gasteiger partial charge in [-0.2, -0.15) is 13.2 Å². The molecule has 8 heteroatoms. The van der Waals surface area contributed by atoms with Gasteiger partial charge in [-0.15, -0.1) is 0 Å². The summed E-state index contributed by atoms with van der Waals surface area (Å²) >= 11 is 0. The summed E-state index contributed by atoms with van der Waals surface area (Å²) in [5.41, 5.74) is -0.884. The molecule has 1 aromatic carbocycles. The van der Waals surface area contributed by atoms with E-state index in [1.807, 2.05) is 0 Å². The Bertz CT molecular complexity index is 792. The van der Waals surface area contributed by atoms with Crippen molar-refractivity contribution in [3.63, 3.8) is 0 Å². The third-order valence-corrected chi connectivity index (χ3v) is 3.14. The van der Waals surface area contributed by atoms with E-state index in [4.69, 9.17) is 10.1 Å². The number of carbonyl (C=O) groups excluding carboxylic acids is 1. The number of nitrogens with zero attached hydrogens (tertiary/aromatic N) is 1. The molecule has 1 aromatic heterocycles. The molecule has 0 aliphatic carbocycles. The third kappa shape index (κ3) is 5.30. The van der Waals surface area contributed by atoms with Gasteiger partial charge < -0.3 is 10.1 Å². The van der Waals surface area contributed by atoms with E-state index in [-0.39, 0.29) is 11.5 Å². The molecule has 0 aliphatic heterocycles. The van der Waals surface area contributed by atoms with Gasteiger partial charge in [0.2, 0.25) is 0 Å². The highest BCUT2D eigenvalue weighted by molar-refractivity contribution is 6.42. The first-order valence-electron chi connectivity index (χ1n) is 7.68. The minimum absolute atomic E-state index is 0.243. The summed E-state index contributed by atoms with van der Waals surface area (Å²) in [6.45, 7) is 5.13. The Morgan fingerprint density at radius 2 is 1.69 bits per heavy atom. The van der Waals surface area contributed by atoms with E-state index < -0.39 is 23.3 Å². The lowest BCUT2D eigenvalue weighted by Gasteiger charge is -2.19. The zero-order valence-electron chi connectivity index (χ0n) is 14.4. The zero-order chi connectivity index (χ0) is 19.5. The van der Waals surface area contributed by atoms with Crippen LogP contribution in [-0.4, -0.2) is 22.3 Å². The number of nitrogens with one attached hydrogen (secondary N) is 2. The van der Waals surface area contributed by atoms with Crippen LogP contribution in [0.4, 0.5) is 24.7 Å². The predicted octanol–water partition coefficient (Wildman–Crippen LogP) is 4.55. The Balaban J connectivity index is 2.05. The van der Waals surface area contributed by atoms with Gasteiger partial charge in [0.15, 0.2) is 0 Å². The molecule has 0 radical (unpaired) electrons. The van der Waals surface area contributed by atoms with Crippen molar-refractivity contribution in [3.05, 3.63) is 53.7 Å². The van der Waals surface area contributed by atoms with Crippen molar-refractivity contribution in [2.45, 2.75) is 32.5 Å². The molecular formula is C18H18F3N3O2. The average molecular weight is 365 g/mol. The summed E-state index contributed by atoms with van der Waals surface area (Å²) in [7, 11) is 0. The summed E-state index contributed by atoms with van der Waals surface area (Å²) in [5.74, 6) is -0.490. The van der Waals surface area contributed by atoms with Crippen molar-refractivity contribution < 1.29 is 22.7 Å². The lowest BCUT2D eigenvalue weighted by molar-refractivity contribution is -0.146. The number of alkyl halides is 3. The van der Waals surface area contributed by atoms with Crippen molar-refractivity contribution in [2.24, 2.45) is 0 Å². The first-order chi connectivity index (χ1) is 12.0. The molecule has 5 nitrogen and oxygen atoms in total. The van der Waals surface area contributed by atoms with Crippen LogP contribution in [0.1, 0.15) is 31.9 Å². The number of hydrogen-bond acceptors (Lipinski definition) is 5. The first-order valence-corrected chi connectivity index (χ1v) is 7.68. The molecule has 2 N–H and O–H groups in total. The molecule has 0 atom stereocenters. The van der Waals surface area contributed by atoms with Gasteiger partial charge in [0.1, 0.15) is 17.1 Å². The maximum Gasteiger partial charge on any atom is 0.417 e. The maximum absolute atomic E-state index is 12.5. The fraction of sp³-hybridized carbons (Fsp3) is 0.278. The summed E-state index contributed by atoms with van der Waals surface area (Å²) in [4.78, 5) is 15.6. The fourth-order valence-electron chi connectivity index (χ4n) is 1.95. The molecule has 26 heavy (non-hydrogen) atoms. The van der Waals surface area contributed by atoms with Crippen LogP contribution in [0.2, 0.25) is 0 Å². The quantitative estimate of drug-likeness (QED) is 0.616. The molecule has 0 bridgehead atoms. The fourth-order valence-corrected chi connectivity index (χ4v) is 1.95. The highest BCUT2D eigenvalue weighted by Gasteiger charge is 2.30. The smallest absolute Gasteiger partial charge is 0.417 e. The number of esters is 1. The Labute approximate surface area is 148 Å². The second kappa shape index (κ2) is 7.15. The van der Waals surface area contributed by atoms with Crippen LogP contribution >= 0.6 is 0 Å². The van der Waals surface area contributed by atoms with E-state index in [1.54, 1.807) is 45.0 Å². The lowest BCUT2D eigenvalue weighted by Crippen LogP contribution is -2.29. The van der Waals surface area contributed by atoms with Crippen LogP contribution in [0.3, 0.4) is 0 Å². The van der Waals surface area contributed by atoms with Crippen LogP contribution < -0.4 is 5.32 Å². The van der Waals surface area contributed by atoms with E-state index in [1.165, 1.54) is 6.07 Å². The molecule has 0 unspecified atom stereocenters. The molecule has 2 aromatic rings. The molecule has 1 heterocycles. The maximum atomic E-state index is 12.5. The van der Waals surface area contributed by atoms with Crippen molar-refractivity contribution >= 4 is 23.2 Å². The number of pyridine rings is 1. The number of rotatable bonds is 4. The largest absolute Gasteiger partial charge is 0.455 e. The van der Waals surface area contributed by atoms with Crippen molar-refractivity contribution in [1.29, 1.82) is 5.41 Å². The Morgan fingerprint density at radius 1 is 1.08 bits per heavy atom. The van der Waals surface area contributed by atoms with Gasteiger partial charge in [-0.05, 0) is 45.0 Å². The van der Waals surface area contributed by atoms with E-state index >= 15 is 0 Å². The number of benzene rings is 1. The van der Waals surface area contributed by atoms with Crippen LogP contribution in [0, 0.1) is 5.41 Å². The number of ether oxygens (including phenoxy) is 1. The van der Waals surface area contributed by atoms with Gasteiger partial charge in [0.25, 0.3) is 0 Å². The molecule has 0 fully saturated rings. The minimum Gasteiger partial charge on any atom is -0.455 e. The summed E-state index contributed by atoms with van der Waals surface area (Å²) in [6.07, 6.45) is -3.69. The van der Waals surface area contributed by atoms with Crippen molar-refractivity contribution in [2.75, 3.05) is 5.32 Å². The third-order valence-electron chi connectivity index (χ3n) is 3.14. The van der Waals surface area contributed by atoms with Gasteiger partial charge in [-0.25, -0.2) is 9.78 Å². The summed E-state index contributed by atoms with van der Waals surface area (Å²) in [6, 6.07) is 8.42. The number of aromatic nitrogens is 1. The molecule has 0 saturated heterocycles. The number of hydrogen-bond donors (Lipinski definition) is 2. The van der Waals surface area contributed by atoms with Crippen molar-refractivity contribution in [1.82, 2.24) is 4.98 Å². The standard InChI is InChI=1S/C18H18F3N3O2/c1-17(2,3)26-16(25)15(22)11-4-7-13(8-5-11)24-14-9-6-12(10-23-14)18(19,20)21/h4-10,22H,1-3H3,(H,23,24). The number of halogens is 3. The molecule has 0 spiro atoms. The van der Waals surface area contributed by atoms with E-state index in [0.717, 1.165) is 12.3 Å². The topological polar surface area (TPSA) is 75.1 Å². The van der Waals surface area contributed by atoms with Gasteiger partial charge in [-0.1, -0.05) is 12.1 Å². The average Bonchev–Trinajstić information content (AvgIpc) is 2.53. The summed E-state index contributed by atoms with van der Waals surface area (Å²) < 4.78 is 42.7. The molecule has 0 saturated carbocycles. The zero-order valence-corrected chi connectivity index (χ0v) is 14.4. The van der Waals surface area contributed by atoms with E-state index in [2.05, 4.69) is 10.3 Å². The van der Waals surface area contributed by atoms with Crippen LogP contribution in [0.5, 0.6) is 0 Å². The monoisotopic (exact) mass is 365 g/mol. The predicted molar refractivity (Wildman–Crippen MR) is 91.6 cm³/mol. The Hall–Kier alpha value is -2.90. The second-order valence-corrected chi connectivity index (χ2v) is 6.51. The highest BCUT2D eigenvalue weighted by Crippen LogP contribution is 2.29. The normalized spacial score (nSPS) is 11.8. The first kappa shape index (κ1) is 19.4. The number of anilines is 2. The van der Waals surface area contributed by atoms with Gasteiger partial charge in [0.05, 0.1) is 5.56 Å².